The van der Waals surface area contributed by atoms with Crippen LogP contribution in [0, 0.1) is 0 Å². The van der Waals surface area contributed by atoms with Gasteiger partial charge in [-0.3, -0.25) is 0 Å². The van der Waals surface area contributed by atoms with Crippen LogP contribution >= 0.6 is 15.9 Å². The first-order chi connectivity index (χ1) is 11.3. The van der Waals surface area contributed by atoms with Crippen molar-refractivity contribution in [2.24, 2.45) is 0 Å². The van der Waals surface area contributed by atoms with Crippen LogP contribution in [0.5, 0.6) is 0 Å². The lowest BCUT2D eigenvalue weighted by Crippen LogP contribution is -2.19. The molecule has 2 aromatic heterocycles. The zero-order valence-electron chi connectivity index (χ0n) is 12.6. The second-order valence-corrected chi connectivity index (χ2v) is 6.45. The van der Waals surface area contributed by atoms with Gasteiger partial charge in [0.1, 0.15) is 5.82 Å². The van der Waals surface area contributed by atoms with Gasteiger partial charge in [0.05, 0.1) is 23.4 Å². The lowest BCUT2D eigenvalue weighted by molar-refractivity contribution is 0.0389. The van der Waals surface area contributed by atoms with E-state index < -0.39 is 0 Å². The van der Waals surface area contributed by atoms with Crippen molar-refractivity contribution in [1.29, 1.82) is 0 Å². The van der Waals surface area contributed by atoms with Crippen LogP contribution in [0.1, 0.15) is 23.7 Å². The Morgan fingerprint density at radius 2 is 2.22 bits per heavy atom. The molecule has 0 amide bonds. The van der Waals surface area contributed by atoms with Gasteiger partial charge in [0.15, 0.2) is 5.65 Å². The summed E-state index contributed by atoms with van der Waals surface area (Å²) < 4.78 is 8.58. The van der Waals surface area contributed by atoms with E-state index in [4.69, 9.17) is 4.74 Å². The minimum Gasteiger partial charge on any atom is -0.373 e. The first-order valence-corrected chi connectivity index (χ1v) is 8.54. The SMILES string of the molecule is Brc1cnn2ccc(NCCC3OCCc4ccccc43)nc12. The molecule has 0 saturated carbocycles. The number of benzene rings is 1. The molecular weight excluding hydrogens is 356 g/mol. The molecule has 6 heteroatoms. The molecule has 1 aliphatic heterocycles. The Bertz CT molecular complexity index is 832. The van der Waals surface area contributed by atoms with Gasteiger partial charge in [0.2, 0.25) is 0 Å². The molecule has 1 unspecified atom stereocenters. The van der Waals surface area contributed by atoms with E-state index >= 15 is 0 Å². The highest BCUT2D eigenvalue weighted by Gasteiger charge is 2.19. The van der Waals surface area contributed by atoms with E-state index in [9.17, 15) is 0 Å². The van der Waals surface area contributed by atoms with Crippen LogP contribution in [0.25, 0.3) is 5.65 Å². The van der Waals surface area contributed by atoms with Gasteiger partial charge in [-0.05, 0) is 46.0 Å². The average Bonchev–Trinajstić information content (AvgIpc) is 2.96. The van der Waals surface area contributed by atoms with Crippen LogP contribution < -0.4 is 5.32 Å². The van der Waals surface area contributed by atoms with E-state index in [-0.39, 0.29) is 6.10 Å². The molecule has 1 N–H and O–H groups in total. The Labute approximate surface area is 142 Å². The number of fused-ring (bicyclic) bond motifs is 2. The van der Waals surface area contributed by atoms with Crippen molar-refractivity contribution in [3.8, 4) is 0 Å². The van der Waals surface area contributed by atoms with Gasteiger partial charge in [-0.2, -0.15) is 5.10 Å². The highest BCUT2D eigenvalue weighted by atomic mass is 79.9. The van der Waals surface area contributed by atoms with E-state index in [1.165, 1.54) is 11.1 Å². The summed E-state index contributed by atoms with van der Waals surface area (Å²) in [5.41, 5.74) is 3.54. The summed E-state index contributed by atoms with van der Waals surface area (Å²) in [6.45, 7) is 1.61. The number of hydrogen-bond donors (Lipinski definition) is 1. The quantitative estimate of drug-likeness (QED) is 0.759. The largest absolute Gasteiger partial charge is 0.373 e. The summed E-state index contributed by atoms with van der Waals surface area (Å²) in [5, 5.41) is 7.58. The molecule has 5 nitrogen and oxygen atoms in total. The normalized spacial score (nSPS) is 17.2. The van der Waals surface area contributed by atoms with Gasteiger partial charge in [-0.15, -0.1) is 0 Å². The fraction of sp³-hybridized carbons (Fsp3) is 0.294. The molecule has 1 aliphatic rings. The molecular formula is C17H17BrN4O. The molecule has 0 spiro atoms. The summed E-state index contributed by atoms with van der Waals surface area (Å²) in [6, 6.07) is 10.5. The van der Waals surface area contributed by atoms with Crippen molar-refractivity contribution < 1.29 is 4.74 Å². The Morgan fingerprint density at radius 1 is 1.30 bits per heavy atom. The lowest BCUT2D eigenvalue weighted by atomic mass is 9.96. The van der Waals surface area contributed by atoms with Crippen molar-refractivity contribution in [3.63, 3.8) is 0 Å². The second kappa shape index (κ2) is 6.29. The number of ether oxygens (including phenoxy) is 1. The number of halogens is 1. The summed E-state index contributed by atoms with van der Waals surface area (Å²) in [4.78, 5) is 4.56. The minimum absolute atomic E-state index is 0.165. The van der Waals surface area contributed by atoms with Crippen LogP contribution in [0.4, 0.5) is 5.82 Å². The monoisotopic (exact) mass is 372 g/mol. The fourth-order valence-electron chi connectivity index (χ4n) is 2.99. The van der Waals surface area contributed by atoms with Gasteiger partial charge in [0, 0.05) is 12.7 Å². The van der Waals surface area contributed by atoms with Crippen molar-refractivity contribution in [3.05, 3.63) is 58.3 Å². The third kappa shape index (κ3) is 2.96. The minimum atomic E-state index is 0.165. The second-order valence-electron chi connectivity index (χ2n) is 5.60. The zero-order valence-corrected chi connectivity index (χ0v) is 14.2. The van der Waals surface area contributed by atoms with Crippen LogP contribution in [-0.4, -0.2) is 27.7 Å². The van der Waals surface area contributed by atoms with Gasteiger partial charge in [0.25, 0.3) is 0 Å². The van der Waals surface area contributed by atoms with Gasteiger partial charge in [-0.1, -0.05) is 24.3 Å². The summed E-state index contributed by atoms with van der Waals surface area (Å²) >= 11 is 3.46. The van der Waals surface area contributed by atoms with E-state index in [1.807, 2.05) is 12.3 Å². The first kappa shape index (κ1) is 14.7. The Hall–Kier alpha value is -1.92. The van der Waals surface area contributed by atoms with Crippen LogP contribution in [0.2, 0.25) is 0 Å². The fourth-order valence-corrected chi connectivity index (χ4v) is 3.35. The van der Waals surface area contributed by atoms with Crippen molar-refractivity contribution in [1.82, 2.24) is 14.6 Å². The molecule has 3 heterocycles. The van der Waals surface area contributed by atoms with E-state index in [0.29, 0.717) is 0 Å². The number of nitrogens with one attached hydrogen (secondary N) is 1. The predicted octanol–water partition coefficient (Wildman–Crippen LogP) is 3.61. The van der Waals surface area contributed by atoms with E-state index in [2.05, 4.69) is 55.6 Å². The number of nitrogens with zero attached hydrogens (tertiary/aromatic N) is 3. The summed E-state index contributed by atoms with van der Waals surface area (Å²) in [7, 11) is 0. The van der Waals surface area contributed by atoms with Crippen LogP contribution in [0.3, 0.4) is 0 Å². The van der Waals surface area contributed by atoms with Gasteiger partial charge >= 0.3 is 0 Å². The molecule has 3 aromatic rings. The Morgan fingerprint density at radius 3 is 3.17 bits per heavy atom. The molecule has 0 radical (unpaired) electrons. The lowest BCUT2D eigenvalue weighted by Gasteiger charge is -2.26. The summed E-state index contributed by atoms with van der Waals surface area (Å²) in [5.74, 6) is 0.850. The molecule has 0 aliphatic carbocycles. The number of rotatable bonds is 4. The standard InChI is InChI=1S/C17H17BrN4O/c18-14-11-20-22-9-6-16(21-17(14)22)19-8-5-15-13-4-2-1-3-12(13)7-10-23-15/h1-4,6,9,11,15H,5,7-8,10H2,(H,19,21). The zero-order chi connectivity index (χ0) is 15.6. The molecule has 4 rings (SSSR count). The number of aromatic nitrogens is 3. The molecule has 118 valence electrons. The van der Waals surface area contributed by atoms with Gasteiger partial charge < -0.3 is 10.1 Å². The highest BCUT2D eigenvalue weighted by molar-refractivity contribution is 9.10. The molecule has 1 aromatic carbocycles. The highest BCUT2D eigenvalue weighted by Crippen LogP contribution is 2.29. The smallest absolute Gasteiger partial charge is 0.171 e. The molecule has 0 saturated heterocycles. The number of anilines is 1. The maximum Gasteiger partial charge on any atom is 0.171 e. The molecule has 23 heavy (non-hydrogen) atoms. The maximum atomic E-state index is 5.94. The van der Waals surface area contributed by atoms with Crippen LogP contribution in [0.15, 0.2) is 47.2 Å². The van der Waals surface area contributed by atoms with Crippen molar-refractivity contribution in [2.45, 2.75) is 18.9 Å². The molecule has 1 atom stereocenters. The third-order valence-corrected chi connectivity index (χ3v) is 4.69. The third-order valence-electron chi connectivity index (χ3n) is 4.13. The summed E-state index contributed by atoms with van der Waals surface area (Å²) in [6.07, 6.45) is 5.75. The number of hydrogen-bond acceptors (Lipinski definition) is 4. The average molecular weight is 373 g/mol. The molecule has 0 fully saturated rings. The van der Waals surface area contributed by atoms with Crippen LogP contribution in [-0.2, 0) is 11.2 Å². The van der Waals surface area contributed by atoms with Crippen molar-refractivity contribution >= 4 is 27.4 Å². The Kier molecular flexibility index (Phi) is 4.01. The first-order valence-electron chi connectivity index (χ1n) is 7.74. The Balaban J connectivity index is 1.42. The topological polar surface area (TPSA) is 51.5 Å². The predicted molar refractivity (Wildman–Crippen MR) is 92.6 cm³/mol. The van der Waals surface area contributed by atoms with Crippen molar-refractivity contribution in [2.75, 3.05) is 18.5 Å². The van der Waals surface area contributed by atoms with E-state index in [1.54, 1.807) is 10.7 Å². The van der Waals surface area contributed by atoms with E-state index in [0.717, 1.165) is 41.9 Å². The maximum absolute atomic E-state index is 5.94. The van der Waals surface area contributed by atoms with Gasteiger partial charge in [-0.25, -0.2) is 9.50 Å². The molecule has 0 bridgehead atoms.